The summed E-state index contributed by atoms with van der Waals surface area (Å²) in [5, 5.41) is 6.33. The van der Waals surface area contributed by atoms with Gasteiger partial charge in [0.15, 0.2) is 22.3 Å². The molecule has 2 aromatic carbocycles. The molecule has 3 rings (SSSR count). The number of rotatable bonds is 8. The molecule has 0 radical (unpaired) electrons. The molecule has 0 spiro atoms. The number of oxime groups is 1. The van der Waals surface area contributed by atoms with Crippen molar-refractivity contribution in [2.24, 2.45) is 10.9 Å². The van der Waals surface area contributed by atoms with Gasteiger partial charge in [-0.3, -0.25) is 4.79 Å². The van der Waals surface area contributed by atoms with Gasteiger partial charge in [0.2, 0.25) is 5.88 Å². The molecule has 1 aromatic heterocycles. The van der Waals surface area contributed by atoms with Gasteiger partial charge in [0.1, 0.15) is 5.75 Å². The normalized spacial score (nSPS) is 11.6. The second-order valence-corrected chi connectivity index (χ2v) is 8.38. The maximum Gasteiger partial charge on any atom is 0.265 e. The van der Waals surface area contributed by atoms with E-state index < -0.39 is 22.4 Å². The Bertz CT molecular complexity index is 1180. The van der Waals surface area contributed by atoms with E-state index in [-0.39, 0.29) is 16.6 Å². The largest absolute Gasteiger partial charge is 0.438 e. The standard InChI is InChI=1S/C21H20N4O5S/c1-31(27,28)17-11-9-15(10-12-17)24-19(26)14-29-25-20(22)18-8-5-13-23-21(18)30-16-6-3-2-4-7-16/h2-13H,14H2,1H3,(H2,22,25)(H,24,26). The fourth-order valence-corrected chi connectivity index (χ4v) is 3.09. The van der Waals surface area contributed by atoms with Crippen LogP contribution in [0.2, 0.25) is 0 Å². The average molecular weight is 440 g/mol. The highest BCUT2D eigenvalue weighted by Gasteiger charge is 2.11. The van der Waals surface area contributed by atoms with E-state index in [1.807, 2.05) is 18.2 Å². The number of hydrogen-bond donors (Lipinski definition) is 2. The minimum absolute atomic E-state index is 0.00987. The number of aromatic nitrogens is 1. The van der Waals surface area contributed by atoms with Crippen LogP contribution < -0.4 is 15.8 Å². The van der Waals surface area contributed by atoms with Gasteiger partial charge >= 0.3 is 0 Å². The van der Waals surface area contributed by atoms with Gasteiger partial charge in [-0.1, -0.05) is 23.4 Å². The zero-order valence-electron chi connectivity index (χ0n) is 16.6. The molecule has 0 saturated carbocycles. The van der Waals surface area contributed by atoms with E-state index in [0.29, 0.717) is 17.0 Å². The van der Waals surface area contributed by atoms with Gasteiger partial charge < -0.3 is 20.6 Å². The molecule has 10 heteroatoms. The van der Waals surface area contributed by atoms with Gasteiger partial charge in [0.05, 0.1) is 10.5 Å². The van der Waals surface area contributed by atoms with Gasteiger partial charge in [-0.15, -0.1) is 0 Å². The number of ether oxygens (including phenoxy) is 1. The van der Waals surface area contributed by atoms with Crippen LogP contribution >= 0.6 is 0 Å². The monoisotopic (exact) mass is 440 g/mol. The number of nitrogens with one attached hydrogen (secondary N) is 1. The number of hydrogen-bond acceptors (Lipinski definition) is 7. The molecule has 0 aliphatic heterocycles. The van der Waals surface area contributed by atoms with E-state index in [2.05, 4.69) is 15.5 Å². The Morgan fingerprint density at radius 1 is 1.06 bits per heavy atom. The summed E-state index contributed by atoms with van der Waals surface area (Å²) >= 11 is 0. The number of amidine groups is 1. The second-order valence-electron chi connectivity index (χ2n) is 6.37. The molecule has 0 fully saturated rings. The molecule has 160 valence electrons. The Labute approximate surface area is 179 Å². The molecule has 0 bridgehead atoms. The number of nitrogens with two attached hydrogens (primary N) is 1. The molecule has 0 aliphatic carbocycles. The van der Waals surface area contributed by atoms with Crippen LogP contribution in [0.4, 0.5) is 5.69 Å². The highest BCUT2D eigenvalue weighted by atomic mass is 32.2. The first-order valence-electron chi connectivity index (χ1n) is 9.06. The number of carbonyl (C=O) groups is 1. The fraction of sp³-hybridized carbons (Fsp3) is 0.0952. The van der Waals surface area contributed by atoms with Crippen molar-refractivity contribution in [2.75, 3.05) is 18.2 Å². The zero-order valence-corrected chi connectivity index (χ0v) is 17.4. The van der Waals surface area contributed by atoms with Crippen LogP contribution in [-0.4, -0.2) is 38.0 Å². The molecular formula is C21H20N4O5S. The number of nitrogens with zero attached hydrogens (tertiary/aromatic N) is 2. The van der Waals surface area contributed by atoms with Crippen molar-refractivity contribution in [3.8, 4) is 11.6 Å². The molecule has 0 aliphatic rings. The summed E-state index contributed by atoms with van der Waals surface area (Å²) in [5.74, 6) is 0.325. The number of anilines is 1. The van der Waals surface area contributed by atoms with Gasteiger partial charge in [0.25, 0.3) is 5.91 Å². The van der Waals surface area contributed by atoms with Gasteiger partial charge in [-0.05, 0) is 48.5 Å². The molecule has 1 amide bonds. The van der Waals surface area contributed by atoms with Crippen LogP contribution in [0.5, 0.6) is 11.6 Å². The average Bonchev–Trinajstić information content (AvgIpc) is 2.74. The molecular weight excluding hydrogens is 420 g/mol. The number of para-hydroxylation sites is 1. The number of sulfone groups is 1. The Hall–Kier alpha value is -3.92. The Kier molecular flexibility index (Phi) is 6.83. The van der Waals surface area contributed by atoms with Gasteiger partial charge in [-0.25, -0.2) is 13.4 Å². The first kappa shape index (κ1) is 21.8. The molecule has 0 saturated heterocycles. The van der Waals surface area contributed by atoms with Crippen molar-refractivity contribution in [2.45, 2.75) is 4.90 Å². The lowest BCUT2D eigenvalue weighted by molar-refractivity contribution is -0.120. The summed E-state index contributed by atoms with van der Waals surface area (Å²) in [6.45, 7) is -0.399. The Morgan fingerprint density at radius 2 is 1.77 bits per heavy atom. The van der Waals surface area contributed by atoms with Crippen LogP contribution in [0.1, 0.15) is 5.56 Å². The van der Waals surface area contributed by atoms with Crippen LogP contribution in [0.3, 0.4) is 0 Å². The first-order valence-corrected chi connectivity index (χ1v) is 11.0. The van der Waals surface area contributed by atoms with Gasteiger partial charge in [0, 0.05) is 18.1 Å². The molecule has 9 nitrogen and oxygen atoms in total. The second kappa shape index (κ2) is 9.72. The predicted molar refractivity (Wildman–Crippen MR) is 116 cm³/mol. The predicted octanol–water partition coefficient (Wildman–Crippen LogP) is 2.55. The minimum Gasteiger partial charge on any atom is -0.438 e. The highest BCUT2D eigenvalue weighted by Crippen LogP contribution is 2.22. The van der Waals surface area contributed by atoms with E-state index in [4.69, 9.17) is 15.3 Å². The smallest absolute Gasteiger partial charge is 0.265 e. The van der Waals surface area contributed by atoms with E-state index >= 15 is 0 Å². The summed E-state index contributed by atoms with van der Waals surface area (Å²) in [6.07, 6.45) is 2.66. The molecule has 0 atom stereocenters. The molecule has 0 unspecified atom stereocenters. The molecule has 3 N–H and O–H groups in total. The number of amides is 1. The quantitative estimate of drug-likeness (QED) is 0.312. The molecule has 1 heterocycles. The lowest BCUT2D eigenvalue weighted by Gasteiger charge is -2.09. The molecule has 31 heavy (non-hydrogen) atoms. The van der Waals surface area contributed by atoms with Crippen molar-refractivity contribution in [3.05, 3.63) is 78.5 Å². The summed E-state index contributed by atoms with van der Waals surface area (Å²) in [6, 6.07) is 18.2. The summed E-state index contributed by atoms with van der Waals surface area (Å²) in [4.78, 5) is 21.4. The van der Waals surface area contributed by atoms with Crippen molar-refractivity contribution in [1.29, 1.82) is 0 Å². The number of benzene rings is 2. The van der Waals surface area contributed by atoms with Gasteiger partial charge in [-0.2, -0.15) is 0 Å². The third-order valence-corrected chi connectivity index (χ3v) is 5.06. The molecule has 3 aromatic rings. The Balaban J connectivity index is 1.59. The lowest BCUT2D eigenvalue weighted by Crippen LogP contribution is -2.20. The highest BCUT2D eigenvalue weighted by molar-refractivity contribution is 7.90. The van der Waals surface area contributed by atoms with E-state index in [1.165, 1.54) is 24.3 Å². The van der Waals surface area contributed by atoms with Crippen LogP contribution in [-0.2, 0) is 19.5 Å². The van der Waals surface area contributed by atoms with Crippen molar-refractivity contribution in [1.82, 2.24) is 4.98 Å². The third kappa shape index (κ3) is 6.28. The van der Waals surface area contributed by atoms with Crippen LogP contribution in [0, 0.1) is 0 Å². The zero-order chi connectivity index (χ0) is 22.3. The summed E-state index contributed by atoms with van der Waals surface area (Å²) in [5.41, 5.74) is 6.79. The summed E-state index contributed by atoms with van der Waals surface area (Å²) in [7, 11) is -3.31. The van der Waals surface area contributed by atoms with E-state index in [1.54, 1.807) is 30.5 Å². The third-order valence-electron chi connectivity index (χ3n) is 3.93. The fourth-order valence-electron chi connectivity index (χ4n) is 2.46. The minimum atomic E-state index is -3.31. The maximum atomic E-state index is 12.0. The SMILES string of the molecule is CS(=O)(=O)c1ccc(NC(=O)CO/N=C(/N)c2cccnc2Oc2ccccc2)cc1. The number of pyridine rings is 1. The maximum absolute atomic E-state index is 12.0. The first-order chi connectivity index (χ1) is 14.8. The topological polar surface area (TPSA) is 133 Å². The van der Waals surface area contributed by atoms with Crippen LogP contribution in [0.15, 0.2) is 83.0 Å². The van der Waals surface area contributed by atoms with E-state index in [9.17, 15) is 13.2 Å². The lowest BCUT2D eigenvalue weighted by atomic mass is 10.2. The van der Waals surface area contributed by atoms with E-state index in [0.717, 1.165) is 6.26 Å². The summed E-state index contributed by atoms with van der Waals surface area (Å²) < 4.78 is 28.7. The van der Waals surface area contributed by atoms with Crippen molar-refractivity contribution < 1.29 is 22.8 Å². The van der Waals surface area contributed by atoms with Crippen molar-refractivity contribution in [3.63, 3.8) is 0 Å². The van der Waals surface area contributed by atoms with Crippen molar-refractivity contribution >= 4 is 27.3 Å². The Morgan fingerprint density at radius 3 is 2.45 bits per heavy atom. The van der Waals surface area contributed by atoms with Crippen LogP contribution in [0.25, 0.3) is 0 Å². The number of carbonyl (C=O) groups excluding carboxylic acids is 1.